The molecule has 2 amide bonds. The van der Waals surface area contributed by atoms with Crippen LogP contribution in [0.3, 0.4) is 0 Å². The van der Waals surface area contributed by atoms with Crippen LogP contribution >= 0.6 is 0 Å². The van der Waals surface area contributed by atoms with Crippen molar-refractivity contribution in [2.45, 2.75) is 38.8 Å². The number of rotatable bonds is 4. The lowest BCUT2D eigenvalue weighted by Gasteiger charge is -2.28. The third-order valence-electron chi connectivity index (χ3n) is 6.22. The van der Waals surface area contributed by atoms with Gasteiger partial charge in [0, 0.05) is 37.0 Å². The van der Waals surface area contributed by atoms with Gasteiger partial charge in [-0.05, 0) is 44.1 Å². The average molecular weight is 431 g/mol. The number of aromatic nitrogens is 1. The first-order chi connectivity index (χ1) is 14.8. The Balaban J connectivity index is 1.50. The highest BCUT2D eigenvalue weighted by Crippen LogP contribution is 2.45. The summed E-state index contributed by atoms with van der Waals surface area (Å²) >= 11 is 0. The van der Waals surface area contributed by atoms with Gasteiger partial charge in [-0.1, -0.05) is 6.07 Å². The second kappa shape index (κ2) is 8.13. The zero-order valence-electron chi connectivity index (χ0n) is 17.0. The Hall–Kier alpha value is -3.23. The molecular weight excluding hydrogens is 408 g/mol. The van der Waals surface area contributed by atoms with E-state index in [9.17, 15) is 28.3 Å². The van der Waals surface area contributed by atoms with Crippen molar-refractivity contribution in [2.75, 3.05) is 6.54 Å². The van der Waals surface area contributed by atoms with E-state index >= 15 is 0 Å². The maximum atomic E-state index is 13.7. The van der Waals surface area contributed by atoms with Crippen LogP contribution in [-0.2, 0) is 6.54 Å². The van der Waals surface area contributed by atoms with E-state index < -0.39 is 40.2 Å². The SMILES string of the molecule is C[C@H]1CCC2C[C@H]2CN1C(=O)c1[nH]cc(C(=O)NCc2ccc(F)cc2F)c(=O)c1O. The number of nitrogens with zero attached hydrogens (tertiary/aromatic N) is 1. The molecule has 0 spiro atoms. The van der Waals surface area contributed by atoms with Crippen molar-refractivity contribution in [1.82, 2.24) is 15.2 Å². The molecular formula is C22H23F2N3O4. The fraction of sp³-hybridized carbons (Fsp3) is 0.409. The topological polar surface area (TPSA) is 103 Å². The van der Waals surface area contributed by atoms with Crippen molar-refractivity contribution >= 4 is 11.8 Å². The lowest BCUT2D eigenvalue weighted by molar-refractivity contribution is 0.0675. The van der Waals surface area contributed by atoms with Crippen molar-refractivity contribution in [2.24, 2.45) is 11.8 Å². The van der Waals surface area contributed by atoms with Gasteiger partial charge in [0.05, 0.1) is 0 Å². The Morgan fingerprint density at radius 2 is 2.03 bits per heavy atom. The summed E-state index contributed by atoms with van der Waals surface area (Å²) in [5.74, 6) is -2.63. The molecule has 1 aliphatic carbocycles. The number of hydrogen-bond acceptors (Lipinski definition) is 4. The molecule has 31 heavy (non-hydrogen) atoms. The Kier molecular flexibility index (Phi) is 5.51. The Morgan fingerprint density at radius 3 is 2.77 bits per heavy atom. The molecule has 0 bridgehead atoms. The average Bonchev–Trinajstić information content (AvgIpc) is 3.50. The Bertz CT molecular complexity index is 1100. The zero-order valence-corrected chi connectivity index (χ0v) is 17.0. The molecule has 4 rings (SSSR count). The van der Waals surface area contributed by atoms with Gasteiger partial charge in [-0.15, -0.1) is 0 Å². The van der Waals surface area contributed by atoms with E-state index in [1.165, 1.54) is 6.07 Å². The number of carbonyl (C=O) groups is 2. The number of likely N-dealkylation sites (tertiary alicyclic amines) is 1. The molecule has 2 aliphatic rings. The lowest BCUT2D eigenvalue weighted by atomic mass is 10.1. The molecule has 1 aromatic carbocycles. The minimum Gasteiger partial charge on any atom is -0.503 e. The summed E-state index contributed by atoms with van der Waals surface area (Å²) in [5.41, 5.74) is -1.62. The zero-order chi connectivity index (χ0) is 22.3. The number of H-pyrrole nitrogens is 1. The first-order valence-electron chi connectivity index (χ1n) is 10.2. The summed E-state index contributed by atoms with van der Waals surface area (Å²) in [6.45, 7) is 2.24. The minimum absolute atomic E-state index is 0.0169. The van der Waals surface area contributed by atoms with Crippen molar-refractivity contribution in [3.8, 4) is 5.75 Å². The predicted octanol–water partition coefficient (Wildman–Crippen LogP) is 2.55. The van der Waals surface area contributed by atoms with E-state index in [1.807, 2.05) is 6.92 Å². The number of halogens is 2. The van der Waals surface area contributed by atoms with Crippen molar-refractivity contribution < 1.29 is 23.5 Å². The summed E-state index contributed by atoms with van der Waals surface area (Å²) < 4.78 is 26.7. The van der Waals surface area contributed by atoms with Crippen LogP contribution in [0.4, 0.5) is 8.78 Å². The second-order valence-electron chi connectivity index (χ2n) is 8.31. The quantitative estimate of drug-likeness (QED) is 0.692. The predicted molar refractivity (Wildman–Crippen MR) is 108 cm³/mol. The van der Waals surface area contributed by atoms with Gasteiger partial charge in [0.1, 0.15) is 17.2 Å². The van der Waals surface area contributed by atoms with Gasteiger partial charge in [0.25, 0.3) is 11.8 Å². The van der Waals surface area contributed by atoms with Crippen LogP contribution < -0.4 is 10.7 Å². The van der Waals surface area contributed by atoms with E-state index in [4.69, 9.17) is 0 Å². The fourth-order valence-corrected chi connectivity index (χ4v) is 4.14. The minimum atomic E-state index is -0.994. The standard InChI is InChI=1S/C22H23F2N3O4/c1-11-2-3-12-6-14(12)10-27(11)22(31)18-20(29)19(28)16(9-25-18)21(30)26-8-13-4-5-15(23)7-17(13)24/h4-5,7,9,11-12,14,29H,2-3,6,8,10H2,1H3,(H,25,28)(H,26,30)/t11-,12?,14-/m0/s1. The fourth-order valence-electron chi connectivity index (χ4n) is 4.14. The van der Waals surface area contributed by atoms with E-state index in [0.717, 1.165) is 31.5 Å². The summed E-state index contributed by atoms with van der Waals surface area (Å²) in [5, 5.41) is 12.7. The smallest absolute Gasteiger partial charge is 0.274 e. The van der Waals surface area contributed by atoms with Crippen LogP contribution in [0.25, 0.3) is 0 Å². The monoisotopic (exact) mass is 431 g/mol. The van der Waals surface area contributed by atoms with Crippen LogP contribution in [0, 0.1) is 23.5 Å². The number of carbonyl (C=O) groups excluding carboxylic acids is 2. The normalized spacial score (nSPS) is 22.4. The van der Waals surface area contributed by atoms with Crippen LogP contribution in [0.5, 0.6) is 5.75 Å². The third kappa shape index (κ3) is 4.17. The highest BCUT2D eigenvalue weighted by Gasteiger charge is 2.43. The van der Waals surface area contributed by atoms with Gasteiger partial charge in [-0.25, -0.2) is 8.78 Å². The second-order valence-corrected chi connectivity index (χ2v) is 8.31. The Labute approximate surface area is 177 Å². The van der Waals surface area contributed by atoms with E-state index in [1.54, 1.807) is 4.90 Å². The highest BCUT2D eigenvalue weighted by atomic mass is 19.1. The first kappa shape index (κ1) is 21.0. The van der Waals surface area contributed by atoms with Crippen LogP contribution in [0.15, 0.2) is 29.2 Å². The van der Waals surface area contributed by atoms with Crippen molar-refractivity contribution in [3.63, 3.8) is 0 Å². The molecule has 7 nitrogen and oxygen atoms in total. The number of nitrogens with one attached hydrogen (secondary N) is 2. The van der Waals surface area contributed by atoms with Gasteiger partial charge >= 0.3 is 0 Å². The van der Waals surface area contributed by atoms with E-state index in [0.29, 0.717) is 24.4 Å². The molecule has 1 aliphatic heterocycles. The Morgan fingerprint density at radius 1 is 1.26 bits per heavy atom. The van der Waals surface area contributed by atoms with Gasteiger partial charge in [-0.3, -0.25) is 14.4 Å². The number of fused-ring (bicyclic) bond motifs is 1. The summed E-state index contributed by atoms with van der Waals surface area (Å²) in [6, 6.07) is 2.91. The molecule has 164 valence electrons. The summed E-state index contributed by atoms with van der Waals surface area (Å²) in [6.07, 6.45) is 4.07. The molecule has 9 heteroatoms. The molecule has 1 saturated carbocycles. The number of amides is 2. The van der Waals surface area contributed by atoms with Crippen LogP contribution in [0.1, 0.15) is 52.6 Å². The molecule has 2 fully saturated rings. The molecule has 3 atom stereocenters. The van der Waals surface area contributed by atoms with E-state index in [-0.39, 0.29) is 23.8 Å². The highest BCUT2D eigenvalue weighted by molar-refractivity contribution is 5.98. The molecule has 2 aromatic rings. The van der Waals surface area contributed by atoms with Crippen molar-refractivity contribution in [3.05, 3.63) is 63.1 Å². The number of aromatic hydroxyl groups is 1. The van der Waals surface area contributed by atoms with Crippen LogP contribution in [-0.4, -0.2) is 39.4 Å². The van der Waals surface area contributed by atoms with Crippen molar-refractivity contribution in [1.29, 1.82) is 0 Å². The van der Waals surface area contributed by atoms with Gasteiger partial charge < -0.3 is 20.3 Å². The van der Waals surface area contributed by atoms with Gasteiger partial charge in [0.15, 0.2) is 11.4 Å². The molecule has 1 unspecified atom stereocenters. The molecule has 3 N–H and O–H groups in total. The maximum Gasteiger partial charge on any atom is 0.274 e. The molecule has 1 aromatic heterocycles. The van der Waals surface area contributed by atoms with Gasteiger partial charge in [0.2, 0.25) is 5.43 Å². The molecule has 2 heterocycles. The largest absolute Gasteiger partial charge is 0.503 e. The first-order valence-corrected chi connectivity index (χ1v) is 10.2. The summed E-state index contributed by atoms with van der Waals surface area (Å²) in [7, 11) is 0. The maximum absolute atomic E-state index is 13.7. The molecule has 1 saturated heterocycles. The van der Waals surface area contributed by atoms with Crippen LogP contribution in [0.2, 0.25) is 0 Å². The van der Waals surface area contributed by atoms with Gasteiger partial charge in [-0.2, -0.15) is 0 Å². The van der Waals surface area contributed by atoms with E-state index in [2.05, 4.69) is 10.3 Å². The number of pyridine rings is 1. The number of benzene rings is 1. The lowest BCUT2D eigenvalue weighted by Crippen LogP contribution is -2.40. The number of hydrogen-bond donors (Lipinski definition) is 3. The number of aromatic amines is 1. The summed E-state index contributed by atoms with van der Waals surface area (Å²) in [4.78, 5) is 42.1. The molecule has 0 radical (unpaired) electrons. The third-order valence-corrected chi connectivity index (χ3v) is 6.22.